The third-order valence-corrected chi connectivity index (χ3v) is 3.96. The molecule has 1 saturated heterocycles. The second-order valence-electron chi connectivity index (χ2n) is 5.72. The molecule has 1 aromatic carbocycles. The maximum atomic E-state index is 11.7. The highest BCUT2D eigenvalue weighted by molar-refractivity contribution is 5.94. The summed E-state index contributed by atoms with van der Waals surface area (Å²) in [6, 6.07) is 7.94. The quantitative estimate of drug-likeness (QED) is 0.838. The van der Waals surface area contributed by atoms with Crippen LogP contribution in [-0.4, -0.2) is 50.2 Å². The Morgan fingerprint density at radius 2 is 1.81 bits per heavy atom. The minimum absolute atomic E-state index is 0.156. The molecule has 2 aliphatic rings. The monoisotopic (exact) mass is 289 g/mol. The van der Waals surface area contributed by atoms with E-state index >= 15 is 0 Å². The molecule has 5 heteroatoms. The fourth-order valence-electron chi connectivity index (χ4n) is 2.44. The normalized spacial score (nSPS) is 19.2. The molecule has 1 heterocycles. The predicted octanol–water partition coefficient (Wildman–Crippen LogP) is 1.78. The van der Waals surface area contributed by atoms with Gasteiger partial charge in [-0.3, -0.25) is 9.69 Å². The molecular weight excluding hydrogens is 266 g/mol. The number of carbonyl (C=O) groups excluding carboxylic acids is 1. The Balaban J connectivity index is 1.40. The highest BCUT2D eigenvalue weighted by Crippen LogP contribution is 2.30. The van der Waals surface area contributed by atoms with Crippen LogP contribution in [0, 0.1) is 5.92 Å². The van der Waals surface area contributed by atoms with Crippen LogP contribution >= 0.6 is 0 Å². The van der Waals surface area contributed by atoms with E-state index in [9.17, 15) is 4.79 Å². The average molecular weight is 289 g/mol. The van der Waals surface area contributed by atoms with Crippen LogP contribution < -0.4 is 10.6 Å². The Kier molecular flexibility index (Phi) is 4.72. The molecule has 0 bridgehead atoms. The number of hydrogen-bond donors (Lipinski definition) is 2. The van der Waals surface area contributed by atoms with Gasteiger partial charge in [0.05, 0.1) is 13.2 Å². The summed E-state index contributed by atoms with van der Waals surface area (Å²) in [4.78, 5) is 14.1. The summed E-state index contributed by atoms with van der Waals surface area (Å²) in [5, 5.41) is 6.36. The Labute approximate surface area is 125 Å². The maximum Gasteiger partial charge on any atom is 0.227 e. The first-order valence-corrected chi connectivity index (χ1v) is 7.76. The van der Waals surface area contributed by atoms with E-state index in [4.69, 9.17) is 4.74 Å². The van der Waals surface area contributed by atoms with Gasteiger partial charge in [0.15, 0.2) is 0 Å². The zero-order valence-corrected chi connectivity index (χ0v) is 12.3. The average Bonchev–Trinajstić information content (AvgIpc) is 3.35. The van der Waals surface area contributed by atoms with Crippen LogP contribution in [0.1, 0.15) is 12.8 Å². The van der Waals surface area contributed by atoms with Gasteiger partial charge in [0.2, 0.25) is 5.91 Å². The van der Waals surface area contributed by atoms with E-state index in [1.807, 2.05) is 24.3 Å². The van der Waals surface area contributed by atoms with E-state index in [1.54, 1.807) is 0 Å². The van der Waals surface area contributed by atoms with Gasteiger partial charge in [0.25, 0.3) is 0 Å². The molecule has 114 valence electrons. The van der Waals surface area contributed by atoms with Crippen LogP contribution in [0.15, 0.2) is 24.3 Å². The zero-order valence-electron chi connectivity index (χ0n) is 12.3. The number of hydrogen-bond acceptors (Lipinski definition) is 4. The molecule has 2 fully saturated rings. The molecule has 0 unspecified atom stereocenters. The molecular formula is C16H23N3O2. The van der Waals surface area contributed by atoms with Crippen molar-refractivity contribution in [2.75, 3.05) is 50.0 Å². The lowest BCUT2D eigenvalue weighted by atomic mass is 10.2. The van der Waals surface area contributed by atoms with Gasteiger partial charge in [0.1, 0.15) is 0 Å². The molecule has 3 rings (SSSR count). The van der Waals surface area contributed by atoms with Crippen LogP contribution in [0.2, 0.25) is 0 Å². The van der Waals surface area contributed by atoms with Crippen LogP contribution in [0.5, 0.6) is 0 Å². The minimum Gasteiger partial charge on any atom is -0.384 e. The summed E-state index contributed by atoms with van der Waals surface area (Å²) in [5.41, 5.74) is 1.97. The van der Waals surface area contributed by atoms with Crippen molar-refractivity contribution in [1.29, 1.82) is 0 Å². The van der Waals surface area contributed by atoms with E-state index in [0.717, 1.165) is 63.6 Å². The SMILES string of the molecule is O=C(Nc1ccc(NCCN2CCOCC2)cc1)C1CC1. The predicted molar refractivity (Wildman–Crippen MR) is 83.5 cm³/mol. The number of nitrogens with zero attached hydrogens (tertiary/aromatic N) is 1. The van der Waals surface area contributed by atoms with Gasteiger partial charge >= 0.3 is 0 Å². The van der Waals surface area contributed by atoms with Gasteiger partial charge in [0, 0.05) is 43.5 Å². The number of morpholine rings is 1. The van der Waals surface area contributed by atoms with Crippen molar-refractivity contribution in [3.05, 3.63) is 24.3 Å². The number of benzene rings is 1. The number of ether oxygens (including phenoxy) is 1. The van der Waals surface area contributed by atoms with Crippen molar-refractivity contribution in [2.45, 2.75) is 12.8 Å². The van der Waals surface area contributed by atoms with Gasteiger partial charge in [-0.15, -0.1) is 0 Å². The molecule has 0 aromatic heterocycles. The lowest BCUT2D eigenvalue weighted by Gasteiger charge is -2.26. The topological polar surface area (TPSA) is 53.6 Å². The van der Waals surface area contributed by atoms with Crippen molar-refractivity contribution in [3.8, 4) is 0 Å². The summed E-state index contributed by atoms with van der Waals surface area (Å²) < 4.78 is 5.33. The molecule has 0 spiro atoms. The second-order valence-corrected chi connectivity index (χ2v) is 5.72. The van der Waals surface area contributed by atoms with E-state index in [0.29, 0.717) is 0 Å². The van der Waals surface area contributed by atoms with Crippen molar-refractivity contribution in [3.63, 3.8) is 0 Å². The molecule has 5 nitrogen and oxygen atoms in total. The third kappa shape index (κ3) is 4.44. The molecule has 21 heavy (non-hydrogen) atoms. The minimum atomic E-state index is 0.156. The number of nitrogens with one attached hydrogen (secondary N) is 2. The van der Waals surface area contributed by atoms with Gasteiger partial charge in [-0.25, -0.2) is 0 Å². The Hall–Kier alpha value is -1.59. The van der Waals surface area contributed by atoms with E-state index in [-0.39, 0.29) is 11.8 Å². The zero-order chi connectivity index (χ0) is 14.5. The van der Waals surface area contributed by atoms with Gasteiger partial charge in [-0.2, -0.15) is 0 Å². The highest BCUT2D eigenvalue weighted by atomic mass is 16.5. The summed E-state index contributed by atoms with van der Waals surface area (Å²) in [6.07, 6.45) is 2.07. The Bertz CT molecular complexity index is 465. The number of rotatable bonds is 6. The van der Waals surface area contributed by atoms with Crippen LogP contribution in [0.3, 0.4) is 0 Å². The largest absolute Gasteiger partial charge is 0.384 e. The smallest absolute Gasteiger partial charge is 0.227 e. The van der Waals surface area contributed by atoms with Crippen molar-refractivity contribution >= 4 is 17.3 Å². The Morgan fingerprint density at radius 3 is 2.48 bits per heavy atom. The summed E-state index contributed by atoms with van der Waals surface area (Å²) in [6.45, 7) is 5.68. The fraction of sp³-hybridized carbons (Fsp3) is 0.562. The molecule has 2 N–H and O–H groups in total. The number of amides is 1. The van der Waals surface area contributed by atoms with Crippen molar-refractivity contribution in [2.24, 2.45) is 5.92 Å². The summed E-state index contributed by atoms with van der Waals surface area (Å²) in [5.74, 6) is 0.402. The van der Waals surface area contributed by atoms with Crippen LogP contribution in [-0.2, 0) is 9.53 Å². The molecule has 1 aliphatic heterocycles. The lowest BCUT2D eigenvalue weighted by molar-refractivity contribution is -0.117. The van der Waals surface area contributed by atoms with Crippen LogP contribution in [0.4, 0.5) is 11.4 Å². The van der Waals surface area contributed by atoms with E-state index in [1.165, 1.54) is 0 Å². The molecule has 1 aromatic rings. The maximum absolute atomic E-state index is 11.7. The molecule has 1 amide bonds. The third-order valence-electron chi connectivity index (χ3n) is 3.96. The van der Waals surface area contributed by atoms with Gasteiger partial charge < -0.3 is 15.4 Å². The standard InChI is InChI=1S/C16H23N3O2/c20-16(13-1-2-13)18-15-5-3-14(4-6-15)17-7-8-19-9-11-21-12-10-19/h3-6,13,17H,1-2,7-12H2,(H,18,20). The first-order chi connectivity index (χ1) is 10.3. The molecule has 0 radical (unpaired) electrons. The number of anilines is 2. The summed E-state index contributed by atoms with van der Waals surface area (Å²) in [7, 11) is 0. The lowest BCUT2D eigenvalue weighted by Crippen LogP contribution is -2.38. The van der Waals surface area contributed by atoms with Gasteiger partial charge in [-0.05, 0) is 37.1 Å². The first kappa shape index (κ1) is 14.4. The van der Waals surface area contributed by atoms with Crippen molar-refractivity contribution < 1.29 is 9.53 Å². The van der Waals surface area contributed by atoms with Crippen molar-refractivity contribution in [1.82, 2.24) is 4.90 Å². The van der Waals surface area contributed by atoms with Gasteiger partial charge in [-0.1, -0.05) is 0 Å². The molecule has 0 atom stereocenters. The molecule has 1 saturated carbocycles. The summed E-state index contributed by atoms with van der Waals surface area (Å²) >= 11 is 0. The number of carbonyl (C=O) groups is 1. The van der Waals surface area contributed by atoms with E-state index < -0.39 is 0 Å². The highest BCUT2D eigenvalue weighted by Gasteiger charge is 2.29. The van der Waals surface area contributed by atoms with E-state index in [2.05, 4.69) is 15.5 Å². The Morgan fingerprint density at radius 1 is 1.14 bits per heavy atom. The fourth-order valence-corrected chi connectivity index (χ4v) is 2.44. The first-order valence-electron chi connectivity index (χ1n) is 7.76. The molecule has 1 aliphatic carbocycles. The van der Waals surface area contributed by atoms with Crippen LogP contribution in [0.25, 0.3) is 0 Å². The second kappa shape index (κ2) is 6.91.